The van der Waals surface area contributed by atoms with Gasteiger partial charge in [0, 0.05) is 0 Å². The first kappa shape index (κ1) is 12.5. The zero-order valence-corrected chi connectivity index (χ0v) is 9.86. The second kappa shape index (κ2) is 6.11. The Kier molecular flexibility index (Phi) is 5.09. The molecule has 0 bridgehead atoms. The monoisotopic (exact) mass is 230 g/mol. The molecule has 2 N–H and O–H groups in total. The van der Waals surface area contributed by atoms with Crippen LogP contribution in [0, 0.1) is 17.8 Å². The molecular weight excluding hydrogens is 212 g/mol. The zero-order chi connectivity index (χ0) is 11.1. The summed E-state index contributed by atoms with van der Waals surface area (Å²) < 4.78 is 25.6. The van der Waals surface area contributed by atoms with E-state index >= 15 is 0 Å². The summed E-state index contributed by atoms with van der Waals surface area (Å²) >= 11 is 0. The van der Waals surface area contributed by atoms with Crippen LogP contribution in [0.25, 0.3) is 0 Å². The minimum atomic E-state index is -3.13. The third-order valence-corrected chi connectivity index (χ3v) is 3.97. The number of nitrogens with one attached hydrogen (secondary N) is 2. The summed E-state index contributed by atoms with van der Waals surface area (Å²) in [6, 6.07) is 0. The highest BCUT2D eigenvalue weighted by atomic mass is 32.2. The fraction of sp³-hybridized carbons (Fsp3) is 0.800. The van der Waals surface area contributed by atoms with Crippen molar-refractivity contribution in [3.63, 3.8) is 0 Å². The highest BCUT2D eigenvalue weighted by Gasteiger charge is 2.20. The largest absolute Gasteiger partial charge is 0.317 e. The van der Waals surface area contributed by atoms with Crippen LogP contribution in [-0.2, 0) is 10.0 Å². The normalized spacial score (nSPS) is 18.2. The minimum Gasteiger partial charge on any atom is -0.317 e. The van der Waals surface area contributed by atoms with E-state index in [1.807, 2.05) is 0 Å². The molecule has 1 heterocycles. The Hall–Kier alpha value is -0.570. The van der Waals surface area contributed by atoms with Crippen molar-refractivity contribution in [2.45, 2.75) is 19.8 Å². The molecule has 0 saturated carbocycles. The van der Waals surface area contributed by atoms with E-state index in [9.17, 15) is 8.42 Å². The van der Waals surface area contributed by atoms with Crippen LogP contribution in [0.1, 0.15) is 19.8 Å². The van der Waals surface area contributed by atoms with Gasteiger partial charge in [-0.25, -0.2) is 13.1 Å². The lowest BCUT2D eigenvalue weighted by molar-refractivity contribution is 0.400. The Labute approximate surface area is 91.9 Å². The number of hydrogen-bond acceptors (Lipinski definition) is 3. The van der Waals surface area contributed by atoms with Crippen LogP contribution in [0.5, 0.6) is 0 Å². The number of hydrogen-bond donors (Lipinski definition) is 2. The van der Waals surface area contributed by atoms with E-state index in [4.69, 9.17) is 0 Å². The molecule has 1 fully saturated rings. The summed E-state index contributed by atoms with van der Waals surface area (Å²) in [6.07, 6.45) is 1.89. The van der Waals surface area contributed by atoms with Gasteiger partial charge < -0.3 is 5.32 Å². The quantitative estimate of drug-likeness (QED) is 0.665. The Morgan fingerprint density at radius 3 is 2.67 bits per heavy atom. The molecule has 0 unspecified atom stereocenters. The van der Waals surface area contributed by atoms with Crippen molar-refractivity contribution in [3.8, 4) is 11.8 Å². The third-order valence-electron chi connectivity index (χ3n) is 2.47. The van der Waals surface area contributed by atoms with Gasteiger partial charge in [-0.05, 0) is 38.8 Å². The van der Waals surface area contributed by atoms with Gasteiger partial charge >= 0.3 is 0 Å². The summed E-state index contributed by atoms with van der Waals surface area (Å²) in [4.78, 5) is 0. The molecule has 1 aliphatic heterocycles. The molecule has 86 valence electrons. The van der Waals surface area contributed by atoms with Gasteiger partial charge in [0.05, 0.1) is 12.3 Å². The van der Waals surface area contributed by atoms with Gasteiger partial charge in [0.2, 0.25) is 10.0 Å². The van der Waals surface area contributed by atoms with Crippen molar-refractivity contribution in [2.75, 3.05) is 25.4 Å². The lowest BCUT2D eigenvalue weighted by Crippen LogP contribution is -2.35. The molecule has 0 atom stereocenters. The average molecular weight is 230 g/mol. The fourth-order valence-corrected chi connectivity index (χ4v) is 3.02. The summed E-state index contributed by atoms with van der Waals surface area (Å²) in [6.45, 7) is 3.77. The highest BCUT2D eigenvalue weighted by Crippen LogP contribution is 2.13. The second-order valence-corrected chi connectivity index (χ2v) is 5.57. The molecule has 4 nitrogen and oxygen atoms in total. The van der Waals surface area contributed by atoms with Crippen molar-refractivity contribution in [1.82, 2.24) is 10.0 Å². The Bertz CT molecular complexity index is 334. The molecular formula is C10H18N2O2S. The second-order valence-electron chi connectivity index (χ2n) is 3.72. The summed E-state index contributed by atoms with van der Waals surface area (Å²) in [5, 5.41) is 3.22. The summed E-state index contributed by atoms with van der Waals surface area (Å²) in [5.74, 6) is 5.87. The van der Waals surface area contributed by atoms with Crippen LogP contribution >= 0.6 is 0 Å². The molecule has 0 aromatic rings. The van der Waals surface area contributed by atoms with E-state index in [1.165, 1.54) is 0 Å². The van der Waals surface area contributed by atoms with Crippen molar-refractivity contribution >= 4 is 10.0 Å². The topological polar surface area (TPSA) is 58.2 Å². The first-order valence-corrected chi connectivity index (χ1v) is 6.87. The van der Waals surface area contributed by atoms with Crippen LogP contribution in [0.4, 0.5) is 0 Å². The molecule has 15 heavy (non-hydrogen) atoms. The maximum absolute atomic E-state index is 11.6. The lowest BCUT2D eigenvalue weighted by atomic mass is 10.0. The van der Waals surface area contributed by atoms with Gasteiger partial charge in [0.15, 0.2) is 0 Å². The van der Waals surface area contributed by atoms with Crippen molar-refractivity contribution in [3.05, 3.63) is 0 Å². The van der Waals surface area contributed by atoms with E-state index in [0.717, 1.165) is 25.9 Å². The van der Waals surface area contributed by atoms with Crippen molar-refractivity contribution in [2.24, 2.45) is 5.92 Å². The lowest BCUT2D eigenvalue weighted by Gasteiger charge is -2.22. The van der Waals surface area contributed by atoms with E-state index in [0.29, 0.717) is 5.92 Å². The number of sulfonamides is 1. The maximum atomic E-state index is 11.6. The average Bonchev–Trinajstić information content (AvgIpc) is 2.18. The van der Waals surface area contributed by atoms with E-state index in [-0.39, 0.29) is 12.3 Å². The number of piperidine rings is 1. The summed E-state index contributed by atoms with van der Waals surface area (Å²) in [5.41, 5.74) is 0. The molecule has 5 heteroatoms. The molecule has 1 rings (SSSR count). The van der Waals surface area contributed by atoms with Crippen molar-refractivity contribution < 1.29 is 8.42 Å². The molecule has 1 aliphatic rings. The molecule has 0 aromatic heterocycles. The van der Waals surface area contributed by atoms with Gasteiger partial charge in [-0.15, -0.1) is 5.92 Å². The van der Waals surface area contributed by atoms with Crippen LogP contribution in [-0.4, -0.2) is 33.8 Å². The predicted octanol–water partition coefficient (Wildman–Crippen LogP) is -0.0713. The van der Waals surface area contributed by atoms with Crippen molar-refractivity contribution in [1.29, 1.82) is 0 Å². The van der Waals surface area contributed by atoms with Crippen LogP contribution in [0.15, 0.2) is 0 Å². The first-order valence-electron chi connectivity index (χ1n) is 5.22. The maximum Gasteiger partial charge on any atom is 0.212 e. The standard InChI is InChI=1S/C10H18N2O2S/c1-2-3-6-12-15(13,14)9-10-4-7-11-8-5-10/h10-12H,4-9H2,1H3. The SMILES string of the molecule is CC#CCNS(=O)(=O)CC1CCNCC1. The van der Waals surface area contributed by atoms with Gasteiger partial charge in [-0.1, -0.05) is 5.92 Å². The third kappa shape index (κ3) is 5.17. The van der Waals surface area contributed by atoms with Gasteiger partial charge in [-0.3, -0.25) is 0 Å². The minimum absolute atomic E-state index is 0.226. The number of rotatable bonds is 4. The van der Waals surface area contributed by atoms with Crippen LogP contribution < -0.4 is 10.0 Å². The fourth-order valence-electron chi connectivity index (χ4n) is 1.65. The van der Waals surface area contributed by atoms with E-state index in [1.54, 1.807) is 6.92 Å². The van der Waals surface area contributed by atoms with Crippen LogP contribution in [0.3, 0.4) is 0 Å². The van der Waals surface area contributed by atoms with Crippen LogP contribution in [0.2, 0.25) is 0 Å². The Morgan fingerprint density at radius 2 is 2.07 bits per heavy atom. The van der Waals surface area contributed by atoms with Gasteiger partial charge in [0.25, 0.3) is 0 Å². The first-order chi connectivity index (χ1) is 7.14. The summed E-state index contributed by atoms with van der Waals surface area (Å²) in [7, 11) is -3.13. The highest BCUT2D eigenvalue weighted by molar-refractivity contribution is 7.89. The Balaban J connectivity index is 2.36. The predicted molar refractivity (Wildman–Crippen MR) is 60.8 cm³/mol. The smallest absolute Gasteiger partial charge is 0.212 e. The molecule has 0 aliphatic carbocycles. The molecule has 0 radical (unpaired) electrons. The molecule has 0 amide bonds. The van der Waals surface area contributed by atoms with E-state index in [2.05, 4.69) is 21.9 Å². The molecule has 0 aromatic carbocycles. The van der Waals surface area contributed by atoms with Gasteiger partial charge in [0.1, 0.15) is 0 Å². The molecule has 0 spiro atoms. The van der Waals surface area contributed by atoms with Gasteiger partial charge in [-0.2, -0.15) is 0 Å². The zero-order valence-electron chi connectivity index (χ0n) is 9.04. The van der Waals surface area contributed by atoms with E-state index < -0.39 is 10.0 Å². The molecule has 1 saturated heterocycles. The Morgan fingerprint density at radius 1 is 1.40 bits per heavy atom.